The molecular formula is C25H43N4O2S+. The first-order valence-corrected chi connectivity index (χ1v) is 13.6. The van der Waals surface area contributed by atoms with E-state index in [0.717, 1.165) is 63.5 Å². The lowest BCUT2D eigenvalue weighted by Gasteiger charge is -2.53. The van der Waals surface area contributed by atoms with E-state index in [1.54, 1.807) is 0 Å². The predicted octanol–water partition coefficient (Wildman–Crippen LogP) is 2.40. The number of unbranched alkanes of at least 4 members (excludes halogenated alkanes) is 1. The van der Waals surface area contributed by atoms with Crippen LogP contribution in [0.1, 0.15) is 69.9 Å². The summed E-state index contributed by atoms with van der Waals surface area (Å²) in [5.74, 6) is 0.534. The van der Waals surface area contributed by atoms with Gasteiger partial charge in [0.05, 0.1) is 45.0 Å². The van der Waals surface area contributed by atoms with E-state index in [1.807, 2.05) is 16.2 Å². The highest BCUT2D eigenvalue weighted by molar-refractivity contribution is 7.15. The number of quaternary nitrogens is 1. The molecule has 2 fully saturated rings. The average Bonchev–Trinajstić information content (AvgIpc) is 3.16. The highest BCUT2D eigenvalue weighted by Crippen LogP contribution is 2.57. The maximum atomic E-state index is 13.3. The number of nitrogens with zero attached hydrogens (tertiary/aromatic N) is 2. The molecule has 3 aliphatic rings. The van der Waals surface area contributed by atoms with Gasteiger partial charge in [-0.3, -0.25) is 4.79 Å². The Labute approximate surface area is 197 Å². The van der Waals surface area contributed by atoms with E-state index in [-0.39, 0.29) is 35.0 Å². The summed E-state index contributed by atoms with van der Waals surface area (Å²) in [5.41, 5.74) is 1.26. The SMILES string of the molecule is CCCCNc1nc2c(s1)C[C@]1(C)CC[C@@H]([C@H](C)C(=O)N3CC[NH+](C)CC3)[C@H](O)[C@H]1[C@@H]2C. The van der Waals surface area contributed by atoms with Gasteiger partial charge in [0.2, 0.25) is 5.91 Å². The molecule has 2 heterocycles. The zero-order valence-electron chi connectivity index (χ0n) is 20.6. The predicted molar refractivity (Wildman–Crippen MR) is 130 cm³/mol. The number of thiazole rings is 1. The van der Waals surface area contributed by atoms with Crippen LogP contribution < -0.4 is 10.2 Å². The molecule has 180 valence electrons. The number of amides is 1. The fourth-order valence-corrected chi connectivity index (χ4v) is 7.86. The molecule has 0 unspecified atom stereocenters. The Hall–Kier alpha value is -1.18. The van der Waals surface area contributed by atoms with Crippen molar-refractivity contribution in [2.75, 3.05) is 45.1 Å². The van der Waals surface area contributed by atoms with Crippen molar-refractivity contribution in [1.29, 1.82) is 0 Å². The topological polar surface area (TPSA) is 69.9 Å². The highest BCUT2D eigenvalue weighted by Gasteiger charge is 2.54. The molecule has 6 atom stereocenters. The number of anilines is 1. The molecule has 0 radical (unpaired) electrons. The molecule has 0 spiro atoms. The standard InChI is InChI=1S/C25H42N4O2S/c1-6-7-10-26-24-27-21-17(3)20-22(30)18(8-9-25(20,4)15-19(21)32-24)16(2)23(31)29-13-11-28(5)12-14-29/h16-18,20,22,30H,6-15H2,1-5H3,(H,26,27)/p+1/t16-,17-,18-,20+,22-,25-/m0/s1. The van der Waals surface area contributed by atoms with Gasteiger partial charge in [-0.1, -0.05) is 34.1 Å². The van der Waals surface area contributed by atoms with E-state index in [1.165, 1.54) is 21.9 Å². The zero-order chi connectivity index (χ0) is 23.0. The van der Waals surface area contributed by atoms with Gasteiger partial charge in [-0.15, -0.1) is 11.3 Å². The van der Waals surface area contributed by atoms with Crippen molar-refractivity contribution < 1.29 is 14.8 Å². The average molecular weight is 464 g/mol. The number of hydrogen-bond donors (Lipinski definition) is 3. The third-order valence-electron chi connectivity index (χ3n) is 8.69. The summed E-state index contributed by atoms with van der Waals surface area (Å²) in [4.78, 5) is 23.2. The van der Waals surface area contributed by atoms with E-state index >= 15 is 0 Å². The summed E-state index contributed by atoms with van der Waals surface area (Å²) >= 11 is 1.81. The molecular weight excluding hydrogens is 420 g/mol. The number of carbonyl (C=O) groups excluding carboxylic acids is 1. The summed E-state index contributed by atoms with van der Waals surface area (Å²) in [6.07, 6.45) is 4.88. The summed E-state index contributed by atoms with van der Waals surface area (Å²) < 4.78 is 0. The molecule has 0 aromatic carbocycles. The number of piperazine rings is 1. The smallest absolute Gasteiger partial charge is 0.226 e. The van der Waals surface area contributed by atoms with E-state index in [0.29, 0.717) is 0 Å². The summed E-state index contributed by atoms with van der Waals surface area (Å²) in [5, 5.41) is 16.2. The van der Waals surface area contributed by atoms with Gasteiger partial charge >= 0.3 is 0 Å². The number of fused-ring (bicyclic) bond motifs is 2. The lowest BCUT2D eigenvalue weighted by atomic mass is 9.53. The summed E-state index contributed by atoms with van der Waals surface area (Å²) in [7, 11) is 2.19. The third-order valence-corrected chi connectivity index (χ3v) is 9.72. The Kier molecular flexibility index (Phi) is 7.18. The third kappa shape index (κ3) is 4.45. The van der Waals surface area contributed by atoms with Crippen molar-refractivity contribution in [2.45, 2.75) is 71.8 Å². The van der Waals surface area contributed by atoms with Crippen LogP contribution in [0, 0.1) is 23.2 Å². The first kappa shape index (κ1) is 24.0. The fraction of sp³-hybridized carbons (Fsp3) is 0.840. The minimum Gasteiger partial charge on any atom is -0.392 e. The Morgan fingerprint density at radius 1 is 1.41 bits per heavy atom. The lowest BCUT2D eigenvalue weighted by molar-refractivity contribution is -0.883. The van der Waals surface area contributed by atoms with Gasteiger partial charge in [0.1, 0.15) is 0 Å². The van der Waals surface area contributed by atoms with Crippen molar-refractivity contribution >= 4 is 22.4 Å². The van der Waals surface area contributed by atoms with Crippen LogP contribution in [0.5, 0.6) is 0 Å². The number of likely N-dealkylation sites (N-methyl/N-ethyl adjacent to an activating group) is 1. The molecule has 4 rings (SSSR count). The van der Waals surface area contributed by atoms with Crippen LogP contribution >= 0.6 is 11.3 Å². The van der Waals surface area contributed by atoms with Crippen LogP contribution in [0.25, 0.3) is 0 Å². The number of hydrogen-bond acceptors (Lipinski definition) is 5. The van der Waals surface area contributed by atoms with E-state index in [9.17, 15) is 9.90 Å². The molecule has 32 heavy (non-hydrogen) atoms. The van der Waals surface area contributed by atoms with Gasteiger partial charge in [-0.2, -0.15) is 0 Å². The van der Waals surface area contributed by atoms with E-state index < -0.39 is 6.10 Å². The minimum atomic E-state index is -0.452. The Morgan fingerprint density at radius 3 is 2.81 bits per heavy atom. The van der Waals surface area contributed by atoms with Crippen LogP contribution in [0.15, 0.2) is 0 Å². The van der Waals surface area contributed by atoms with Gasteiger partial charge < -0.3 is 20.2 Å². The fourth-order valence-electron chi connectivity index (χ4n) is 6.57. The number of rotatable bonds is 6. The second-order valence-electron chi connectivity index (χ2n) is 11.0. The molecule has 1 amide bonds. The van der Waals surface area contributed by atoms with Crippen LogP contribution in [0.3, 0.4) is 0 Å². The van der Waals surface area contributed by atoms with Gasteiger partial charge in [-0.05, 0) is 42.9 Å². The van der Waals surface area contributed by atoms with Crippen molar-refractivity contribution in [2.24, 2.45) is 23.2 Å². The first-order chi connectivity index (χ1) is 15.2. The van der Waals surface area contributed by atoms with Gasteiger partial charge in [0.15, 0.2) is 5.13 Å². The molecule has 2 aliphatic carbocycles. The lowest BCUT2D eigenvalue weighted by Crippen LogP contribution is -3.12. The monoisotopic (exact) mass is 463 g/mol. The zero-order valence-corrected chi connectivity index (χ0v) is 21.4. The molecule has 1 saturated carbocycles. The second kappa shape index (κ2) is 9.59. The molecule has 3 N–H and O–H groups in total. The summed E-state index contributed by atoms with van der Waals surface area (Å²) in [6.45, 7) is 13.5. The molecule has 6 nitrogen and oxygen atoms in total. The second-order valence-corrected chi connectivity index (χ2v) is 12.1. The van der Waals surface area contributed by atoms with Crippen LogP contribution in [-0.4, -0.2) is 66.8 Å². The van der Waals surface area contributed by atoms with Gasteiger partial charge in [0.25, 0.3) is 0 Å². The summed E-state index contributed by atoms with van der Waals surface area (Å²) in [6, 6.07) is 0. The van der Waals surface area contributed by atoms with Crippen molar-refractivity contribution in [1.82, 2.24) is 9.88 Å². The number of aliphatic hydroxyl groups excluding tert-OH is 1. The number of aliphatic hydroxyl groups is 1. The maximum Gasteiger partial charge on any atom is 0.226 e. The molecule has 7 heteroatoms. The largest absolute Gasteiger partial charge is 0.392 e. The number of nitrogens with one attached hydrogen (secondary N) is 2. The molecule has 1 aromatic rings. The van der Waals surface area contributed by atoms with Crippen LogP contribution in [0.4, 0.5) is 5.13 Å². The number of carbonyl (C=O) groups is 1. The number of aromatic nitrogens is 1. The molecule has 1 aromatic heterocycles. The van der Waals surface area contributed by atoms with Gasteiger partial charge in [-0.25, -0.2) is 4.98 Å². The Bertz CT molecular complexity index is 806. The van der Waals surface area contributed by atoms with E-state index in [2.05, 4.69) is 40.1 Å². The minimum absolute atomic E-state index is 0.0392. The molecule has 1 aliphatic heterocycles. The van der Waals surface area contributed by atoms with E-state index in [4.69, 9.17) is 4.98 Å². The Morgan fingerprint density at radius 2 is 2.12 bits per heavy atom. The van der Waals surface area contributed by atoms with Crippen LogP contribution in [-0.2, 0) is 11.2 Å². The Balaban J connectivity index is 1.49. The van der Waals surface area contributed by atoms with Crippen LogP contribution in [0.2, 0.25) is 0 Å². The normalized spacial score (nSPS) is 34.0. The maximum absolute atomic E-state index is 13.3. The van der Waals surface area contributed by atoms with Crippen molar-refractivity contribution in [3.8, 4) is 0 Å². The quantitative estimate of drug-likeness (QED) is 0.567. The molecule has 0 bridgehead atoms. The van der Waals surface area contributed by atoms with Crippen molar-refractivity contribution in [3.63, 3.8) is 0 Å². The van der Waals surface area contributed by atoms with Gasteiger partial charge in [0, 0.05) is 23.3 Å². The van der Waals surface area contributed by atoms with Crippen molar-refractivity contribution in [3.05, 3.63) is 10.6 Å². The molecule has 1 saturated heterocycles. The highest BCUT2D eigenvalue weighted by atomic mass is 32.1. The first-order valence-electron chi connectivity index (χ1n) is 12.8.